The van der Waals surface area contributed by atoms with Gasteiger partial charge in [-0.15, -0.1) is 0 Å². The Morgan fingerprint density at radius 1 is 0.852 bits per heavy atom. The summed E-state index contributed by atoms with van der Waals surface area (Å²) in [6.07, 6.45) is 4.81. The zero-order chi connectivity index (χ0) is 18.8. The molecular formula is C22H20FNO2S. The predicted molar refractivity (Wildman–Crippen MR) is 104 cm³/mol. The molecule has 0 radical (unpaired) electrons. The van der Waals surface area contributed by atoms with Crippen molar-refractivity contribution in [3.63, 3.8) is 0 Å². The second-order valence-corrected chi connectivity index (χ2v) is 9.73. The van der Waals surface area contributed by atoms with Gasteiger partial charge in [-0.2, -0.15) is 0 Å². The van der Waals surface area contributed by atoms with Crippen LogP contribution in [0, 0.1) is 5.82 Å². The Balaban J connectivity index is 1.67. The summed E-state index contributed by atoms with van der Waals surface area (Å²) in [7, 11) is -3.21. The molecule has 2 aromatic carbocycles. The van der Waals surface area contributed by atoms with Gasteiger partial charge in [0.25, 0.3) is 0 Å². The fourth-order valence-corrected chi connectivity index (χ4v) is 5.45. The molecule has 27 heavy (non-hydrogen) atoms. The van der Waals surface area contributed by atoms with E-state index in [1.807, 2.05) is 24.3 Å². The van der Waals surface area contributed by atoms with Crippen molar-refractivity contribution in [2.45, 2.75) is 36.0 Å². The van der Waals surface area contributed by atoms with Gasteiger partial charge in [-0.25, -0.2) is 12.8 Å². The third kappa shape index (κ3) is 2.64. The van der Waals surface area contributed by atoms with Crippen molar-refractivity contribution >= 4 is 9.84 Å². The van der Waals surface area contributed by atoms with Gasteiger partial charge >= 0.3 is 0 Å². The fourth-order valence-electron chi connectivity index (χ4n) is 4.82. The van der Waals surface area contributed by atoms with E-state index in [0.29, 0.717) is 16.7 Å². The van der Waals surface area contributed by atoms with Crippen LogP contribution < -0.4 is 0 Å². The Morgan fingerprint density at radius 2 is 1.33 bits per heavy atom. The maximum Gasteiger partial charge on any atom is 0.175 e. The summed E-state index contributed by atoms with van der Waals surface area (Å²) in [5, 5.41) is 0. The molecule has 1 saturated carbocycles. The Morgan fingerprint density at radius 3 is 1.81 bits per heavy atom. The number of fused-ring (bicyclic) bond motifs is 5. The number of aromatic nitrogens is 1. The molecule has 1 heterocycles. The predicted octanol–water partition coefficient (Wildman–Crippen LogP) is 5.26. The maximum atomic E-state index is 13.4. The average Bonchev–Trinajstić information content (AvgIpc) is 3.34. The van der Waals surface area contributed by atoms with E-state index in [-0.39, 0.29) is 5.82 Å². The van der Waals surface area contributed by atoms with Gasteiger partial charge in [-0.1, -0.05) is 12.1 Å². The van der Waals surface area contributed by atoms with E-state index >= 15 is 0 Å². The molecule has 1 N–H and O–H groups in total. The van der Waals surface area contributed by atoms with Crippen LogP contribution in [0.5, 0.6) is 0 Å². The monoisotopic (exact) mass is 381 g/mol. The van der Waals surface area contributed by atoms with Crippen LogP contribution in [0.25, 0.3) is 22.5 Å². The van der Waals surface area contributed by atoms with Gasteiger partial charge in [0.05, 0.1) is 4.90 Å². The Bertz CT molecular complexity index is 1130. The number of rotatable bonds is 3. The van der Waals surface area contributed by atoms with Crippen LogP contribution in [0.3, 0.4) is 0 Å². The molecule has 138 valence electrons. The number of aromatic amines is 1. The van der Waals surface area contributed by atoms with Gasteiger partial charge in [0.1, 0.15) is 5.82 Å². The lowest BCUT2D eigenvalue weighted by molar-refractivity contribution is 0.602. The summed E-state index contributed by atoms with van der Waals surface area (Å²) in [5.41, 5.74) is 6.91. The Labute approximate surface area is 158 Å². The van der Waals surface area contributed by atoms with Crippen molar-refractivity contribution in [3.8, 4) is 22.5 Å². The van der Waals surface area contributed by atoms with E-state index in [4.69, 9.17) is 0 Å². The van der Waals surface area contributed by atoms with Crippen LogP contribution >= 0.6 is 0 Å². The van der Waals surface area contributed by atoms with E-state index in [1.165, 1.54) is 48.8 Å². The van der Waals surface area contributed by atoms with E-state index in [1.54, 1.807) is 12.1 Å². The topological polar surface area (TPSA) is 49.9 Å². The van der Waals surface area contributed by atoms with E-state index in [0.717, 1.165) is 22.5 Å². The summed E-state index contributed by atoms with van der Waals surface area (Å²) in [6.45, 7) is 0. The molecule has 2 atom stereocenters. The normalized spacial score (nSPS) is 20.8. The highest BCUT2D eigenvalue weighted by molar-refractivity contribution is 7.90. The highest BCUT2D eigenvalue weighted by atomic mass is 32.2. The molecule has 0 saturated heterocycles. The quantitative estimate of drug-likeness (QED) is 0.673. The number of sulfone groups is 1. The third-order valence-corrected chi connectivity index (χ3v) is 7.16. The first-order valence-electron chi connectivity index (χ1n) is 9.24. The minimum absolute atomic E-state index is 0.236. The molecule has 0 unspecified atom stereocenters. The second kappa shape index (κ2) is 5.80. The SMILES string of the molecule is CS(=O)(=O)c1ccc(-c2[nH]c(-c3ccc(F)cc3)c3c2[C@H]2CC[C@@H]3C2)cc1. The van der Waals surface area contributed by atoms with E-state index < -0.39 is 9.84 Å². The third-order valence-electron chi connectivity index (χ3n) is 6.03. The minimum atomic E-state index is -3.21. The van der Waals surface area contributed by atoms with Gasteiger partial charge in [-0.3, -0.25) is 0 Å². The van der Waals surface area contributed by atoms with Gasteiger partial charge in [-0.05, 0) is 89.8 Å². The van der Waals surface area contributed by atoms with Crippen molar-refractivity contribution in [2.24, 2.45) is 0 Å². The van der Waals surface area contributed by atoms with Crippen molar-refractivity contribution < 1.29 is 12.8 Å². The minimum Gasteiger partial charge on any atom is -0.354 e. The van der Waals surface area contributed by atoms with Crippen LogP contribution in [0.2, 0.25) is 0 Å². The summed E-state index contributed by atoms with van der Waals surface area (Å²) in [4.78, 5) is 3.92. The number of nitrogens with one attached hydrogen (secondary N) is 1. The van der Waals surface area contributed by atoms with Crippen molar-refractivity contribution in [1.82, 2.24) is 4.98 Å². The molecule has 2 aliphatic rings. The molecule has 3 aromatic rings. The van der Waals surface area contributed by atoms with Gasteiger partial charge in [0, 0.05) is 17.6 Å². The second-order valence-electron chi connectivity index (χ2n) is 7.71. The molecule has 3 nitrogen and oxygen atoms in total. The van der Waals surface area contributed by atoms with Crippen LogP contribution in [0.15, 0.2) is 53.4 Å². The molecule has 2 aliphatic carbocycles. The average molecular weight is 381 g/mol. The van der Waals surface area contributed by atoms with Gasteiger partial charge in [0.2, 0.25) is 0 Å². The lowest BCUT2D eigenvalue weighted by atomic mass is 9.89. The van der Waals surface area contributed by atoms with Crippen molar-refractivity contribution in [3.05, 3.63) is 65.5 Å². The number of hydrogen-bond acceptors (Lipinski definition) is 2. The van der Waals surface area contributed by atoms with Crippen LogP contribution in [0.1, 0.15) is 42.2 Å². The Hall–Kier alpha value is -2.40. The molecule has 2 bridgehead atoms. The zero-order valence-corrected chi connectivity index (χ0v) is 15.8. The van der Waals surface area contributed by atoms with Crippen LogP contribution in [-0.2, 0) is 9.84 Å². The molecule has 0 aliphatic heterocycles. The molecule has 0 amide bonds. The van der Waals surface area contributed by atoms with Gasteiger partial charge < -0.3 is 4.98 Å². The van der Waals surface area contributed by atoms with Gasteiger partial charge in [0.15, 0.2) is 9.84 Å². The van der Waals surface area contributed by atoms with Crippen molar-refractivity contribution in [1.29, 1.82) is 0 Å². The largest absolute Gasteiger partial charge is 0.354 e. The summed E-state index contributed by atoms with van der Waals surface area (Å²) in [5.74, 6) is 0.880. The summed E-state index contributed by atoms with van der Waals surface area (Å²) >= 11 is 0. The number of H-pyrrole nitrogens is 1. The Kier molecular flexibility index (Phi) is 3.60. The summed E-state index contributed by atoms with van der Waals surface area (Å²) < 4.78 is 36.9. The number of halogens is 1. The smallest absolute Gasteiger partial charge is 0.175 e. The van der Waals surface area contributed by atoms with Crippen molar-refractivity contribution in [2.75, 3.05) is 6.26 Å². The standard InChI is InChI=1S/C22H20FNO2S/c1-27(25,26)18-10-6-14(7-11-18)22-20-16-3-2-15(12-16)19(20)21(24-22)13-4-8-17(23)9-5-13/h4-11,15-16,24H,2-3,12H2,1H3/t15-,16+/m1/s1. The first kappa shape index (κ1) is 16.8. The first-order valence-corrected chi connectivity index (χ1v) is 11.1. The number of hydrogen-bond donors (Lipinski definition) is 1. The zero-order valence-electron chi connectivity index (χ0n) is 15.0. The summed E-state index contributed by atoms with van der Waals surface area (Å²) in [6, 6.07) is 13.7. The maximum absolute atomic E-state index is 13.4. The lowest BCUT2D eigenvalue weighted by Crippen LogP contribution is -1.98. The lowest BCUT2D eigenvalue weighted by Gasteiger charge is -2.14. The highest BCUT2D eigenvalue weighted by Gasteiger charge is 2.42. The molecule has 0 spiro atoms. The molecular weight excluding hydrogens is 361 g/mol. The molecule has 1 aromatic heterocycles. The first-order chi connectivity index (χ1) is 12.9. The fraction of sp³-hybridized carbons (Fsp3) is 0.273. The van der Waals surface area contributed by atoms with E-state index in [2.05, 4.69) is 4.98 Å². The van der Waals surface area contributed by atoms with Crippen LogP contribution in [-0.4, -0.2) is 19.7 Å². The number of benzene rings is 2. The van der Waals surface area contributed by atoms with Crippen LogP contribution in [0.4, 0.5) is 4.39 Å². The molecule has 1 fully saturated rings. The molecule has 5 rings (SSSR count). The molecule has 5 heteroatoms. The highest BCUT2D eigenvalue weighted by Crippen LogP contribution is 2.58. The van der Waals surface area contributed by atoms with E-state index in [9.17, 15) is 12.8 Å².